The highest BCUT2D eigenvalue weighted by molar-refractivity contribution is 5.94. The van der Waals surface area contributed by atoms with Crippen LogP contribution < -0.4 is 9.64 Å². The number of benzene rings is 2. The van der Waals surface area contributed by atoms with E-state index in [1.54, 1.807) is 31.4 Å². The van der Waals surface area contributed by atoms with Crippen molar-refractivity contribution in [1.29, 1.82) is 5.26 Å². The minimum Gasteiger partial charge on any atom is -0.497 e. The number of rotatable bonds is 5. The Labute approximate surface area is 166 Å². The van der Waals surface area contributed by atoms with Gasteiger partial charge in [0.25, 0.3) is 5.91 Å². The summed E-state index contributed by atoms with van der Waals surface area (Å²) in [5.74, 6) is 0.754. The molecule has 1 heterocycles. The van der Waals surface area contributed by atoms with Crippen molar-refractivity contribution in [3.8, 4) is 11.8 Å². The van der Waals surface area contributed by atoms with Crippen LogP contribution in [0.2, 0.25) is 0 Å². The van der Waals surface area contributed by atoms with Gasteiger partial charge in [0.2, 0.25) is 0 Å². The maximum absolute atomic E-state index is 12.7. The highest BCUT2D eigenvalue weighted by Crippen LogP contribution is 2.24. The average molecular weight is 378 g/mol. The smallest absolute Gasteiger partial charge is 0.253 e. The first-order chi connectivity index (χ1) is 13.5. The van der Waals surface area contributed by atoms with Gasteiger partial charge in [0.1, 0.15) is 11.8 Å². The molecule has 0 radical (unpaired) electrons. The fourth-order valence-corrected chi connectivity index (χ4v) is 3.42. The predicted octanol–water partition coefficient (Wildman–Crippen LogP) is 2.78. The predicted molar refractivity (Wildman–Crippen MR) is 110 cm³/mol. The Morgan fingerprint density at radius 1 is 1.04 bits per heavy atom. The molecule has 1 amide bonds. The zero-order valence-corrected chi connectivity index (χ0v) is 16.6. The molecular weight excluding hydrogens is 352 g/mol. The first-order valence-electron chi connectivity index (χ1n) is 9.37. The van der Waals surface area contributed by atoms with Crippen LogP contribution in [0, 0.1) is 11.3 Å². The van der Waals surface area contributed by atoms with Crippen molar-refractivity contribution in [3.63, 3.8) is 0 Å². The van der Waals surface area contributed by atoms with Crippen LogP contribution in [0.3, 0.4) is 0 Å². The number of nitrogens with zero attached hydrogens (tertiary/aromatic N) is 4. The van der Waals surface area contributed by atoms with Crippen molar-refractivity contribution in [2.24, 2.45) is 0 Å². The van der Waals surface area contributed by atoms with Crippen molar-refractivity contribution in [2.45, 2.75) is 6.04 Å². The first-order valence-corrected chi connectivity index (χ1v) is 9.37. The van der Waals surface area contributed by atoms with Crippen LogP contribution in [-0.4, -0.2) is 63.1 Å². The Bertz CT molecular complexity index is 832. The largest absolute Gasteiger partial charge is 0.497 e. The van der Waals surface area contributed by atoms with E-state index in [-0.39, 0.29) is 11.9 Å². The summed E-state index contributed by atoms with van der Waals surface area (Å²) in [6.07, 6.45) is 0. The lowest BCUT2D eigenvalue weighted by Crippen LogP contribution is -2.49. The van der Waals surface area contributed by atoms with Gasteiger partial charge in [-0.1, -0.05) is 12.1 Å². The van der Waals surface area contributed by atoms with E-state index in [1.165, 1.54) is 0 Å². The van der Waals surface area contributed by atoms with Crippen molar-refractivity contribution in [1.82, 2.24) is 9.80 Å². The fraction of sp³-hybridized carbons (Fsp3) is 0.364. The maximum Gasteiger partial charge on any atom is 0.253 e. The maximum atomic E-state index is 12.7. The number of carbonyl (C=O) groups excluding carboxylic acids is 1. The number of amides is 1. The molecule has 0 N–H and O–H groups in total. The number of hydrogen-bond acceptors (Lipinski definition) is 5. The third-order valence-electron chi connectivity index (χ3n) is 5.15. The minimum atomic E-state index is -0.297. The SMILES string of the molecule is COc1ccc(C(=O)N2CCN(C(C#N)c3ccc(N(C)C)cc3)CC2)cc1. The molecule has 0 spiro atoms. The Morgan fingerprint density at radius 2 is 1.64 bits per heavy atom. The molecule has 1 fully saturated rings. The second-order valence-electron chi connectivity index (χ2n) is 7.07. The van der Waals surface area contributed by atoms with Gasteiger partial charge in [0.05, 0.1) is 13.2 Å². The van der Waals surface area contributed by atoms with Gasteiger partial charge in [-0.2, -0.15) is 5.26 Å². The van der Waals surface area contributed by atoms with Gasteiger partial charge in [-0.25, -0.2) is 0 Å². The number of nitriles is 1. The van der Waals surface area contributed by atoms with Crippen LogP contribution in [0.1, 0.15) is 22.0 Å². The van der Waals surface area contributed by atoms with Gasteiger partial charge in [-0.15, -0.1) is 0 Å². The molecule has 6 nitrogen and oxygen atoms in total. The summed E-state index contributed by atoms with van der Waals surface area (Å²) < 4.78 is 5.14. The summed E-state index contributed by atoms with van der Waals surface area (Å²) in [7, 11) is 5.60. The van der Waals surface area contributed by atoms with E-state index < -0.39 is 0 Å². The summed E-state index contributed by atoms with van der Waals surface area (Å²) >= 11 is 0. The molecule has 0 aliphatic carbocycles. The van der Waals surface area contributed by atoms with Crippen molar-refractivity contribution in [2.75, 3.05) is 52.3 Å². The summed E-state index contributed by atoms with van der Waals surface area (Å²) in [6, 6.07) is 17.4. The Hall–Kier alpha value is -3.04. The van der Waals surface area contributed by atoms with Gasteiger partial charge in [0.15, 0.2) is 0 Å². The zero-order valence-electron chi connectivity index (χ0n) is 16.6. The molecule has 0 aromatic heterocycles. The Kier molecular flexibility index (Phi) is 6.17. The van der Waals surface area contributed by atoms with E-state index in [0.29, 0.717) is 31.7 Å². The molecule has 1 aliphatic heterocycles. The molecule has 1 unspecified atom stereocenters. The quantitative estimate of drug-likeness (QED) is 0.801. The molecule has 28 heavy (non-hydrogen) atoms. The highest BCUT2D eigenvalue weighted by atomic mass is 16.5. The van der Waals surface area contributed by atoms with Crippen LogP contribution in [0.15, 0.2) is 48.5 Å². The van der Waals surface area contributed by atoms with Gasteiger partial charge in [-0.05, 0) is 42.0 Å². The third-order valence-corrected chi connectivity index (χ3v) is 5.15. The van der Waals surface area contributed by atoms with Crippen LogP contribution in [0.5, 0.6) is 5.75 Å². The lowest BCUT2D eigenvalue weighted by atomic mass is 10.0. The van der Waals surface area contributed by atoms with Crippen molar-refractivity contribution in [3.05, 3.63) is 59.7 Å². The minimum absolute atomic E-state index is 0.0196. The molecule has 2 aromatic carbocycles. The zero-order chi connectivity index (χ0) is 20.1. The fourth-order valence-electron chi connectivity index (χ4n) is 3.42. The van der Waals surface area contributed by atoms with Crippen LogP contribution >= 0.6 is 0 Å². The number of ether oxygens (including phenoxy) is 1. The van der Waals surface area contributed by atoms with E-state index >= 15 is 0 Å². The molecule has 3 rings (SSSR count). The number of piperazine rings is 1. The molecule has 1 aliphatic rings. The van der Waals surface area contributed by atoms with E-state index in [4.69, 9.17) is 4.74 Å². The third kappa shape index (κ3) is 4.26. The van der Waals surface area contributed by atoms with Crippen LogP contribution in [-0.2, 0) is 0 Å². The summed E-state index contributed by atoms with van der Waals surface area (Å²) in [5.41, 5.74) is 2.75. The summed E-state index contributed by atoms with van der Waals surface area (Å²) in [4.78, 5) is 18.7. The van der Waals surface area contributed by atoms with Gasteiger partial charge < -0.3 is 14.5 Å². The molecule has 1 atom stereocenters. The topological polar surface area (TPSA) is 59.8 Å². The second kappa shape index (κ2) is 8.77. The standard InChI is InChI=1S/C22H26N4O2/c1-24(2)19-8-4-17(5-9-19)21(16-23)25-12-14-26(15-13-25)22(27)18-6-10-20(28-3)11-7-18/h4-11,21H,12-15H2,1-3H3. The van der Waals surface area contributed by atoms with Gasteiger partial charge >= 0.3 is 0 Å². The van der Waals surface area contributed by atoms with Crippen molar-refractivity contribution < 1.29 is 9.53 Å². The molecule has 146 valence electrons. The second-order valence-corrected chi connectivity index (χ2v) is 7.07. The molecule has 1 saturated heterocycles. The normalized spacial score (nSPS) is 15.6. The van der Waals surface area contributed by atoms with E-state index in [0.717, 1.165) is 17.0 Å². The summed E-state index contributed by atoms with van der Waals surface area (Å²) in [5, 5.41) is 9.72. The van der Waals surface area contributed by atoms with Gasteiger partial charge in [-0.3, -0.25) is 9.69 Å². The number of methoxy groups -OCH3 is 1. The molecule has 6 heteroatoms. The molecular formula is C22H26N4O2. The van der Waals surface area contributed by atoms with Crippen LogP contribution in [0.4, 0.5) is 5.69 Å². The van der Waals surface area contributed by atoms with Crippen molar-refractivity contribution >= 4 is 11.6 Å². The number of carbonyl (C=O) groups is 1. The number of anilines is 1. The summed E-state index contributed by atoms with van der Waals surface area (Å²) in [6.45, 7) is 2.57. The first kappa shape index (κ1) is 19.7. The van der Waals surface area contributed by atoms with E-state index in [9.17, 15) is 10.1 Å². The Balaban J connectivity index is 1.63. The monoisotopic (exact) mass is 378 g/mol. The Morgan fingerprint density at radius 3 is 2.14 bits per heavy atom. The molecule has 0 saturated carbocycles. The lowest BCUT2D eigenvalue weighted by Gasteiger charge is -2.37. The highest BCUT2D eigenvalue weighted by Gasteiger charge is 2.27. The van der Waals surface area contributed by atoms with E-state index in [1.807, 2.05) is 48.2 Å². The molecule has 2 aromatic rings. The van der Waals surface area contributed by atoms with Crippen LogP contribution in [0.25, 0.3) is 0 Å². The van der Waals surface area contributed by atoms with Gasteiger partial charge in [0, 0.05) is 51.5 Å². The lowest BCUT2D eigenvalue weighted by molar-refractivity contribution is 0.0606. The number of hydrogen-bond donors (Lipinski definition) is 0. The molecule has 0 bridgehead atoms. The van der Waals surface area contributed by atoms with E-state index in [2.05, 4.69) is 11.0 Å². The average Bonchev–Trinajstić information content (AvgIpc) is 2.75.